The van der Waals surface area contributed by atoms with Gasteiger partial charge >= 0.3 is 6.09 Å². The number of rotatable bonds is 5. The number of hydrogen-bond donors (Lipinski definition) is 3. The molecule has 5 nitrogen and oxygen atoms in total. The lowest BCUT2D eigenvalue weighted by Gasteiger charge is -2.29. The van der Waals surface area contributed by atoms with E-state index in [-0.39, 0.29) is 17.9 Å². The predicted molar refractivity (Wildman–Crippen MR) is 86.2 cm³/mol. The van der Waals surface area contributed by atoms with Crippen molar-refractivity contribution in [1.29, 1.82) is 0 Å². The molecule has 124 valence electrons. The van der Waals surface area contributed by atoms with E-state index in [2.05, 4.69) is 10.6 Å². The van der Waals surface area contributed by atoms with E-state index >= 15 is 0 Å². The minimum Gasteiger partial charge on any atom is -0.442 e. The van der Waals surface area contributed by atoms with Crippen LogP contribution in [-0.4, -0.2) is 23.8 Å². The molecule has 1 rings (SSSR count). The van der Waals surface area contributed by atoms with Gasteiger partial charge in [0.05, 0.1) is 6.54 Å². The summed E-state index contributed by atoms with van der Waals surface area (Å²) in [7, 11) is 0. The molecule has 0 heterocycles. The number of amides is 1. The number of carbonyl (C=O) groups excluding carboxylic acids is 1. The van der Waals surface area contributed by atoms with E-state index in [1.54, 1.807) is 26.0 Å². The van der Waals surface area contributed by atoms with Crippen LogP contribution in [0.1, 0.15) is 40.2 Å². The zero-order valence-corrected chi connectivity index (χ0v) is 13.9. The topological polar surface area (TPSA) is 76.4 Å². The minimum atomic E-state index is -0.756. The van der Waals surface area contributed by atoms with E-state index in [0.29, 0.717) is 17.8 Å². The fourth-order valence-electron chi connectivity index (χ4n) is 1.86. The van der Waals surface area contributed by atoms with Gasteiger partial charge in [0.1, 0.15) is 11.4 Å². The van der Waals surface area contributed by atoms with E-state index in [4.69, 9.17) is 10.5 Å². The predicted octanol–water partition coefficient (Wildman–Crippen LogP) is 3.00. The molecule has 0 aromatic heterocycles. The quantitative estimate of drug-likeness (QED) is 0.781. The first-order valence-corrected chi connectivity index (χ1v) is 7.26. The van der Waals surface area contributed by atoms with Crippen LogP contribution in [0.3, 0.4) is 0 Å². The van der Waals surface area contributed by atoms with Gasteiger partial charge in [-0.2, -0.15) is 0 Å². The summed E-state index contributed by atoms with van der Waals surface area (Å²) in [5, 5.41) is 5.82. The zero-order chi connectivity index (χ0) is 17.0. The average Bonchev–Trinajstić information content (AvgIpc) is 2.33. The van der Waals surface area contributed by atoms with Gasteiger partial charge in [-0.05, 0) is 46.8 Å². The summed E-state index contributed by atoms with van der Waals surface area (Å²) in [6, 6.07) is 4.72. The highest BCUT2D eigenvalue weighted by atomic mass is 19.1. The molecule has 0 saturated carbocycles. The smallest absolute Gasteiger partial charge is 0.408 e. The number of alkyl carbamates (subject to hydrolysis) is 1. The van der Waals surface area contributed by atoms with Gasteiger partial charge < -0.3 is 21.1 Å². The average molecular weight is 311 g/mol. The summed E-state index contributed by atoms with van der Waals surface area (Å²) in [5.74, 6) is -0.350. The molecule has 6 heteroatoms. The van der Waals surface area contributed by atoms with Crippen LogP contribution in [0.15, 0.2) is 18.2 Å². The molecule has 0 spiro atoms. The van der Waals surface area contributed by atoms with Crippen LogP contribution in [0.5, 0.6) is 0 Å². The molecule has 0 aliphatic carbocycles. The van der Waals surface area contributed by atoms with Gasteiger partial charge in [0.2, 0.25) is 0 Å². The van der Waals surface area contributed by atoms with Crippen molar-refractivity contribution in [2.75, 3.05) is 11.9 Å². The van der Waals surface area contributed by atoms with Crippen molar-refractivity contribution >= 4 is 11.8 Å². The van der Waals surface area contributed by atoms with Gasteiger partial charge in [-0.25, -0.2) is 9.18 Å². The third kappa shape index (κ3) is 5.89. The van der Waals surface area contributed by atoms with Crippen molar-refractivity contribution in [3.8, 4) is 0 Å². The number of carbonyl (C=O) groups is 1. The monoisotopic (exact) mass is 311 g/mol. The fourth-order valence-corrected chi connectivity index (χ4v) is 1.86. The number of hydrogen-bond acceptors (Lipinski definition) is 4. The van der Waals surface area contributed by atoms with Gasteiger partial charge in [0, 0.05) is 23.3 Å². The van der Waals surface area contributed by atoms with Crippen molar-refractivity contribution in [3.05, 3.63) is 29.6 Å². The largest absolute Gasteiger partial charge is 0.442 e. The molecule has 22 heavy (non-hydrogen) atoms. The molecule has 0 saturated heterocycles. The van der Waals surface area contributed by atoms with E-state index in [0.717, 1.165) is 0 Å². The Hall–Kier alpha value is -1.82. The third-order valence-corrected chi connectivity index (χ3v) is 2.87. The molecule has 1 aromatic rings. The molecule has 0 radical (unpaired) electrons. The Balaban J connectivity index is 2.66. The molecule has 0 atom stereocenters. The standard InChI is InChI=1S/C16H26FN3O2/c1-15(2,3)20-14(21)22-16(4,5)10-19-13-8-6-7-12(17)11(13)9-18/h6-8,19H,9-10,18H2,1-5H3,(H,20,21). The van der Waals surface area contributed by atoms with Crippen LogP contribution in [0, 0.1) is 5.82 Å². The highest BCUT2D eigenvalue weighted by Crippen LogP contribution is 2.20. The molecule has 0 aliphatic rings. The summed E-state index contributed by atoms with van der Waals surface area (Å²) in [6.07, 6.45) is -0.488. The molecular weight excluding hydrogens is 285 g/mol. The second kappa shape index (κ2) is 6.96. The number of benzene rings is 1. The molecule has 0 bridgehead atoms. The number of anilines is 1. The Labute approximate surface area is 131 Å². The summed E-state index contributed by atoms with van der Waals surface area (Å²) >= 11 is 0. The third-order valence-electron chi connectivity index (χ3n) is 2.87. The van der Waals surface area contributed by atoms with Crippen molar-refractivity contribution in [2.45, 2.75) is 52.3 Å². The van der Waals surface area contributed by atoms with Crippen molar-refractivity contribution in [1.82, 2.24) is 5.32 Å². The summed E-state index contributed by atoms with van der Waals surface area (Å²) in [4.78, 5) is 11.8. The lowest BCUT2D eigenvalue weighted by atomic mass is 10.1. The van der Waals surface area contributed by atoms with Crippen LogP contribution >= 0.6 is 0 Å². The van der Waals surface area contributed by atoms with E-state index in [1.165, 1.54) is 6.07 Å². The van der Waals surface area contributed by atoms with Crippen molar-refractivity contribution in [2.24, 2.45) is 5.73 Å². The Morgan fingerprint density at radius 1 is 1.27 bits per heavy atom. The fraction of sp³-hybridized carbons (Fsp3) is 0.562. The SMILES string of the molecule is CC(C)(C)NC(=O)OC(C)(C)CNc1cccc(F)c1CN. The van der Waals surface area contributed by atoms with Gasteiger partial charge in [0.25, 0.3) is 0 Å². The molecule has 1 amide bonds. The molecule has 0 unspecified atom stereocenters. The highest BCUT2D eigenvalue weighted by Gasteiger charge is 2.25. The maximum atomic E-state index is 13.7. The van der Waals surface area contributed by atoms with Crippen LogP contribution in [0.2, 0.25) is 0 Å². The van der Waals surface area contributed by atoms with Crippen LogP contribution in [0.25, 0.3) is 0 Å². The first-order chi connectivity index (χ1) is 10.0. The van der Waals surface area contributed by atoms with Gasteiger partial charge in [-0.3, -0.25) is 0 Å². The summed E-state index contributed by atoms with van der Waals surface area (Å²) in [5.41, 5.74) is 5.47. The Morgan fingerprint density at radius 2 is 1.91 bits per heavy atom. The second-order valence-corrected chi connectivity index (χ2v) is 6.85. The van der Waals surface area contributed by atoms with E-state index in [1.807, 2.05) is 20.8 Å². The number of ether oxygens (including phenoxy) is 1. The highest BCUT2D eigenvalue weighted by molar-refractivity contribution is 5.68. The normalized spacial score (nSPS) is 12.0. The minimum absolute atomic E-state index is 0.0980. The van der Waals surface area contributed by atoms with Gasteiger partial charge in [-0.15, -0.1) is 0 Å². The van der Waals surface area contributed by atoms with Crippen LogP contribution in [-0.2, 0) is 11.3 Å². The molecule has 0 fully saturated rings. The van der Waals surface area contributed by atoms with Crippen LogP contribution < -0.4 is 16.4 Å². The Kier molecular flexibility index (Phi) is 5.77. The van der Waals surface area contributed by atoms with Crippen molar-refractivity contribution in [3.63, 3.8) is 0 Å². The van der Waals surface area contributed by atoms with Crippen LogP contribution in [0.4, 0.5) is 14.9 Å². The van der Waals surface area contributed by atoms with E-state index < -0.39 is 11.7 Å². The maximum Gasteiger partial charge on any atom is 0.408 e. The first-order valence-electron chi connectivity index (χ1n) is 7.26. The number of halogens is 1. The first kappa shape index (κ1) is 18.2. The summed E-state index contributed by atoms with van der Waals surface area (Å²) in [6.45, 7) is 9.62. The summed E-state index contributed by atoms with van der Waals surface area (Å²) < 4.78 is 19.1. The molecule has 4 N–H and O–H groups in total. The van der Waals surface area contributed by atoms with Crippen molar-refractivity contribution < 1.29 is 13.9 Å². The lowest BCUT2D eigenvalue weighted by molar-refractivity contribution is 0.0438. The number of nitrogens with two attached hydrogens (primary N) is 1. The zero-order valence-electron chi connectivity index (χ0n) is 13.9. The number of nitrogens with one attached hydrogen (secondary N) is 2. The molecular formula is C16H26FN3O2. The molecule has 0 aliphatic heterocycles. The Morgan fingerprint density at radius 3 is 2.45 bits per heavy atom. The lowest BCUT2D eigenvalue weighted by Crippen LogP contribution is -2.46. The molecule has 1 aromatic carbocycles. The maximum absolute atomic E-state index is 13.7. The van der Waals surface area contributed by atoms with E-state index in [9.17, 15) is 9.18 Å². The second-order valence-electron chi connectivity index (χ2n) is 6.85. The van der Waals surface area contributed by atoms with Gasteiger partial charge in [-0.1, -0.05) is 6.07 Å². The van der Waals surface area contributed by atoms with Gasteiger partial charge in [0.15, 0.2) is 0 Å². The Bertz CT molecular complexity index is 525.